The Kier molecular flexibility index (Phi) is 6.41. The molecule has 0 radical (unpaired) electrons. The van der Waals surface area contributed by atoms with Crippen molar-refractivity contribution in [3.05, 3.63) is 77.6 Å². The Morgan fingerprint density at radius 1 is 1.21 bits per heavy atom. The molecule has 144 valence electrons. The Bertz CT molecular complexity index is 951. The Labute approximate surface area is 163 Å². The van der Waals surface area contributed by atoms with Crippen molar-refractivity contribution >= 4 is 12.1 Å². The van der Waals surface area contributed by atoms with Gasteiger partial charge in [0.05, 0.1) is 32.7 Å². The van der Waals surface area contributed by atoms with Gasteiger partial charge >= 0.3 is 0 Å². The van der Waals surface area contributed by atoms with Gasteiger partial charge in [0.2, 0.25) is 0 Å². The van der Waals surface area contributed by atoms with E-state index in [0.29, 0.717) is 30.2 Å². The lowest BCUT2D eigenvalue weighted by molar-refractivity contribution is 0.0954. The minimum absolute atomic E-state index is 0.339. The fourth-order valence-electron chi connectivity index (χ4n) is 2.62. The molecule has 0 atom stereocenters. The van der Waals surface area contributed by atoms with Crippen molar-refractivity contribution in [2.45, 2.75) is 13.5 Å². The van der Waals surface area contributed by atoms with E-state index in [2.05, 4.69) is 15.6 Å². The summed E-state index contributed by atoms with van der Waals surface area (Å²) in [6.07, 6.45) is 5.11. The summed E-state index contributed by atoms with van der Waals surface area (Å²) in [7, 11) is 1.53. The Hall–Kier alpha value is -3.61. The van der Waals surface area contributed by atoms with E-state index < -0.39 is 0 Å². The number of carbonyl (C=O) groups is 1. The number of hydrogen-bond donors (Lipinski definition) is 1. The molecular formula is C21H22N4O3. The van der Waals surface area contributed by atoms with Crippen LogP contribution in [0.15, 0.2) is 66.0 Å². The van der Waals surface area contributed by atoms with E-state index in [1.807, 2.05) is 48.1 Å². The summed E-state index contributed by atoms with van der Waals surface area (Å²) < 4.78 is 12.5. The predicted molar refractivity (Wildman–Crippen MR) is 107 cm³/mol. The van der Waals surface area contributed by atoms with E-state index in [0.717, 1.165) is 11.1 Å². The molecule has 3 aromatic rings. The smallest absolute Gasteiger partial charge is 0.271 e. The number of carbonyl (C=O) groups excluding carboxylic acids is 1. The third-order valence-corrected chi connectivity index (χ3v) is 3.95. The van der Waals surface area contributed by atoms with Crippen LogP contribution in [0.5, 0.6) is 11.5 Å². The van der Waals surface area contributed by atoms with Gasteiger partial charge in [0.15, 0.2) is 11.5 Å². The van der Waals surface area contributed by atoms with Gasteiger partial charge < -0.3 is 9.47 Å². The molecule has 28 heavy (non-hydrogen) atoms. The standard InChI is InChI=1S/C21H22N4O3/c1-3-28-19-10-9-18(11-20(19)27-2)21(26)24-22-12-17-13-23-25(15-17)14-16-7-5-4-6-8-16/h4-13,15H,3,14H2,1-2H3,(H,24,26)/b22-12-. The number of aromatic nitrogens is 2. The van der Waals surface area contributed by atoms with Crippen molar-refractivity contribution in [2.75, 3.05) is 13.7 Å². The first-order chi connectivity index (χ1) is 13.7. The zero-order valence-electron chi connectivity index (χ0n) is 15.8. The molecule has 1 aromatic heterocycles. The van der Waals surface area contributed by atoms with Gasteiger partial charge in [-0.3, -0.25) is 9.48 Å². The van der Waals surface area contributed by atoms with Gasteiger partial charge in [-0.05, 0) is 30.7 Å². The summed E-state index contributed by atoms with van der Waals surface area (Å²) in [5.41, 5.74) is 4.89. The molecule has 0 fully saturated rings. The van der Waals surface area contributed by atoms with Crippen molar-refractivity contribution in [2.24, 2.45) is 5.10 Å². The molecule has 3 rings (SSSR count). The van der Waals surface area contributed by atoms with Gasteiger partial charge in [-0.15, -0.1) is 0 Å². The van der Waals surface area contributed by atoms with E-state index in [1.165, 1.54) is 7.11 Å². The van der Waals surface area contributed by atoms with Gasteiger partial charge in [-0.2, -0.15) is 10.2 Å². The highest BCUT2D eigenvalue weighted by Crippen LogP contribution is 2.27. The molecule has 2 aromatic carbocycles. The lowest BCUT2D eigenvalue weighted by atomic mass is 10.2. The lowest BCUT2D eigenvalue weighted by Crippen LogP contribution is -2.17. The average Bonchev–Trinajstić information content (AvgIpc) is 3.16. The van der Waals surface area contributed by atoms with Gasteiger partial charge in [0.1, 0.15) is 0 Å². The minimum Gasteiger partial charge on any atom is -0.493 e. The minimum atomic E-state index is -0.339. The Morgan fingerprint density at radius 2 is 2.04 bits per heavy atom. The first-order valence-electron chi connectivity index (χ1n) is 8.90. The van der Waals surface area contributed by atoms with E-state index in [4.69, 9.17) is 9.47 Å². The number of nitrogens with zero attached hydrogens (tertiary/aromatic N) is 3. The molecule has 1 heterocycles. The van der Waals surface area contributed by atoms with Crippen molar-refractivity contribution in [1.82, 2.24) is 15.2 Å². The second-order valence-corrected chi connectivity index (χ2v) is 5.95. The van der Waals surface area contributed by atoms with Crippen molar-refractivity contribution in [1.29, 1.82) is 0 Å². The van der Waals surface area contributed by atoms with Crippen molar-refractivity contribution in [3.63, 3.8) is 0 Å². The van der Waals surface area contributed by atoms with Crippen LogP contribution in [0.1, 0.15) is 28.4 Å². The van der Waals surface area contributed by atoms with E-state index in [1.54, 1.807) is 30.6 Å². The Morgan fingerprint density at radius 3 is 2.79 bits per heavy atom. The zero-order chi connectivity index (χ0) is 19.8. The van der Waals surface area contributed by atoms with Crippen LogP contribution in [0.4, 0.5) is 0 Å². The van der Waals surface area contributed by atoms with Crippen LogP contribution >= 0.6 is 0 Å². The third-order valence-electron chi connectivity index (χ3n) is 3.95. The van der Waals surface area contributed by atoms with Crippen LogP contribution in [0.3, 0.4) is 0 Å². The van der Waals surface area contributed by atoms with Crippen LogP contribution in [-0.2, 0) is 6.54 Å². The number of hydrogen-bond acceptors (Lipinski definition) is 5. The molecule has 7 heteroatoms. The summed E-state index contributed by atoms with van der Waals surface area (Å²) in [6, 6.07) is 15.0. The van der Waals surface area contributed by atoms with Crippen LogP contribution in [0, 0.1) is 0 Å². The maximum Gasteiger partial charge on any atom is 0.271 e. The summed E-state index contributed by atoms with van der Waals surface area (Å²) in [5, 5.41) is 8.30. The molecule has 0 aliphatic carbocycles. The molecular weight excluding hydrogens is 356 g/mol. The summed E-state index contributed by atoms with van der Waals surface area (Å²) in [5.74, 6) is 0.755. The van der Waals surface area contributed by atoms with Crippen molar-refractivity contribution in [3.8, 4) is 11.5 Å². The first-order valence-corrected chi connectivity index (χ1v) is 8.90. The number of methoxy groups -OCH3 is 1. The van der Waals surface area contributed by atoms with E-state index in [-0.39, 0.29) is 5.91 Å². The molecule has 0 unspecified atom stereocenters. The normalized spacial score (nSPS) is 10.8. The van der Waals surface area contributed by atoms with Crippen LogP contribution < -0.4 is 14.9 Å². The quantitative estimate of drug-likeness (QED) is 0.483. The monoisotopic (exact) mass is 378 g/mol. The van der Waals surface area contributed by atoms with Gasteiger partial charge in [0, 0.05) is 17.3 Å². The highest BCUT2D eigenvalue weighted by molar-refractivity contribution is 5.95. The second-order valence-electron chi connectivity index (χ2n) is 5.95. The molecule has 0 saturated heterocycles. The van der Waals surface area contributed by atoms with Crippen LogP contribution in [-0.4, -0.2) is 35.6 Å². The number of hydrazone groups is 1. The third kappa shape index (κ3) is 4.97. The first kappa shape index (κ1) is 19.2. The number of nitrogens with one attached hydrogen (secondary N) is 1. The summed E-state index contributed by atoms with van der Waals surface area (Å²) >= 11 is 0. The SMILES string of the molecule is CCOc1ccc(C(=O)N/N=C\c2cnn(Cc3ccccc3)c2)cc1OC. The molecule has 0 bridgehead atoms. The molecule has 0 saturated carbocycles. The van der Waals surface area contributed by atoms with Crippen molar-refractivity contribution < 1.29 is 14.3 Å². The number of rotatable bonds is 8. The van der Waals surface area contributed by atoms with Crippen LogP contribution in [0.25, 0.3) is 0 Å². The van der Waals surface area contributed by atoms with Gasteiger partial charge in [0.25, 0.3) is 5.91 Å². The van der Waals surface area contributed by atoms with E-state index >= 15 is 0 Å². The topological polar surface area (TPSA) is 77.7 Å². The highest BCUT2D eigenvalue weighted by atomic mass is 16.5. The molecule has 7 nitrogen and oxygen atoms in total. The fourth-order valence-corrected chi connectivity index (χ4v) is 2.62. The molecule has 0 spiro atoms. The maximum absolute atomic E-state index is 12.3. The number of benzene rings is 2. The molecule has 0 aliphatic heterocycles. The van der Waals surface area contributed by atoms with E-state index in [9.17, 15) is 4.79 Å². The average molecular weight is 378 g/mol. The Balaban J connectivity index is 1.59. The second kappa shape index (κ2) is 9.36. The van der Waals surface area contributed by atoms with Gasteiger partial charge in [-0.25, -0.2) is 5.43 Å². The molecule has 0 aliphatic rings. The largest absolute Gasteiger partial charge is 0.493 e. The highest BCUT2D eigenvalue weighted by Gasteiger charge is 2.10. The maximum atomic E-state index is 12.3. The zero-order valence-corrected chi connectivity index (χ0v) is 15.8. The number of amides is 1. The summed E-state index contributed by atoms with van der Waals surface area (Å²) in [6.45, 7) is 3.08. The summed E-state index contributed by atoms with van der Waals surface area (Å²) in [4.78, 5) is 12.3. The molecule has 1 N–H and O–H groups in total. The predicted octanol–water partition coefficient (Wildman–Crippen LogP) is 3.10. The van der Waals surface area contributed by atoms with Crippen LogP contribution in [0.2, 0.25) is 0 Å². The molecule has 1 amide bonds. The lowest BCUT2D eigenvalue weighted by Gasteiger charge is -2.10. The van der Waals surface area contributed by atoms with Gasteiger partial charge in [-0.1, -0.05) is 30.3 Å². The number of ether oxygens (including phenoxy) is 2. The fraction of sp³-hybridized carbons (Fsp3) is 0.190.